The van der Waals surface area contributed by atoms with Gasteiger partial charge in [0.05, 0.1) is 11.8 Å². The summed E-state index contributed by atoms with van der Waals surface area (Å²) in [5, 5.41) is 5.59. The van der Waals surface area contributed by atoms with Gasteiger partial charge in [-0.1, -0.05) is 0 Å². The SMILES string of the molecule is O=C(NC1C=CS(=O)(=O)C1)C1(C(F)(F)F)CCNC1. The predicted octanol–water partition coefficient (Wildman–Crippen LogP) is -0.0447. The monoisotopic (exact) mass is 298 g/mol. The van der Waals surface area contributed by atoms with Crippen molar-refractivity contribution in [3.05, 3.63) is 11.5 Å². The molecule has 108 valence electrons. The number of alkyl halides is 3. The van der Waals surface area contributed by atoms with Crippen LogP contribution in [-0.4, -0.2) is 45.4 Å². The molecule has 0 aromatic heterocycles. The number of hydrogen-bond donors (Lipinski definition) is 2. The lowest BCUT2D eigenvalue weighted by Crippen LogP contribution is -2.54. The third kappa shape index (κ3) is 2.62. The molecule has 2 unspecified atom stereocenters. The molecule has 2 aliphatic rings. The topological polar surface area (TPSA) is 75.3 Å². The quantitative estimate of drug-likeness (QED) is 0.750. The van der Waals surface area contributed by atoms with Crippen LogP contribution >= 0.6 is 0 Å². The van der Waals surface area contributed by atoms with E-state index in [0.29, 0.717) is 0 Å². The lowest BCUT2D eigenvalue weighted by atomic mass is 9.85. The molecule has 1 amide bonds. The summed E-state index contributed by atoms with van der Waals surface area (Å²) in [6, 6.07) is -0.891. The first-order chi connectivity index (χ1) is 8.66. The van der Waals surface area contributed by atoms with Crippen LogP contribution in [0, 0.1) is 5.41 Å². The highest BCUT2D eigenvalue weighted by atomic mass is 32.2. The molecule has 1 fully saturated rings. The fourth-order valence-corrected chi connectivity index (χ4v) is 3.46. The molecule has 0 spiro atoms. The molecule has 2 atom stereocenters. The number of carbonyl (C=O) groups excluding carboxylic acids is 1. The van der Waals surface area contributed by atoms with Crippen LogP contribution in [0.2, 0.25) is 0 Å². The lowest BCUT2D eigenvalue weighted by Gasteiger charge is -2.30. The van der Waals surface area contributed by atoms with Crippen molar-refractivity contribution < 1.29 is 26.4 Å². The fraction of sp³-hybridized carbons (Fsp3) is 0.700. The van der Waals surface area contributed by atoms with Gasteiger partial charge < -0.3 is 10.6 Å². The van der Waals surface area contributed by atoms with Crippen molar-refractivity contribution >= 4 is 15.7 Å². The van der Waals surface area contributed by atoms with E-state index in [-0.39, 0.29) is 18.7 Å². The summed E-state index contributed by atoms with van der Waals surface area (Å²) in [7, 11) is -3.41. The maximum atomic E-state index is 13.1. The number of sulfone groups is 1. The zero-order valence-corrected chi connectivity index (χ0v) is 10.6. The minimum Gasteiger partial charge on any atom is -0.348 e. The fourth-order valence-electron chi connectivity index (χ4n) is 2.23. The van der Waals surface area contributed by atoms with Crippen LogP contribution in [-0.2, 0) is 14.6 Å². The number of rotatable bonds is 2. The Hall–Kier alpha value is -1.09. The molecule has 0 bridgehead atoms. The van der Waals surface area contributed by atoms with Gasteiger partial charge in [-0.2, -0.15) is 13.2 Å². The normalized spacial score (nSPS) is 33.5. The highest BCUT2D eigenvalue weighted by molar-refractivity contribution is 7.94. The van der Waals surface area contributed by atoms with Crippen LogP contribution in [0.3, 0.4) is 0 Å². The summed E-state index contributed by atoms with van der Waals surface area (Å²) in [5.74, 6) is -1.56. The Balaban J connectivity index is 2.13. The van der Waals surface area contributed by atoms with Crippen LogP contribution in [0.5, 0.6) is 0 Å². The highest BCUT2D eigenvalue weighted by Gasteiger charge is 2.61. The van der Waals surface area contributed by atoms with E-state index < -0.39 is 39.9 Å². The number of hydrogen-bond acceptors (Lipinski definition) is 4. The third-order valence-corrected chi connectivity index (χ3v) is 4.77. The predicted molar refractivity (Wildman–Crippen MR) is 60.8 cm³/mol. The summed E-state index contributed by atoms with van der Waals surface area (Å²) in [6.45, 7) is -0.378. The smallest absolute Gasteiger partial charge is 0.348 e. The van der Waals surface area contributed by atoms with Gasteiger partial charge in [-0.05, 0) is 19.0 Å². The highest BCUT2D eigenvalue weighted by Crippen LogP contribution is 2.43. The Bertz CT molecular complexity index is 507. The van der Waals surface area contributed by atoms with Gasteiger partial charge in [-0.3, -0.25) is 4.79 Å². The molecule has 0 aliphatic carbocycles. The van der Waals surface area contributed by atoms with Crippen molar-refractivity contribution in [1.29, 1.82) is 0 Å². The summed E-state index contributed by atoms with van der Waals surface area (Å²) in [5.41, 5.74) is -2.47. The van der Waals surface area contributed by atoms with Gasteiger partial charge >= 0.3 is 6.18 Å². The molecular formula is C10H13F3N2O3S. The van der Waals surface area contributed by atoms with Gasteiger partial charge in [0, 0.05) is 12.0 Å². The Morgan fingerprint density at radius 2 is 2.11 bits per heavy atom. The minimum absolute atomic E-state index is 0.103. The molecule has 9 heteroatoms. The molecule has 2 heterocycles. The van der Waals surface area contributed by atoms with Crippen LogP contribution in [0.25, 0.3) is 0 Å². The van der Waals surface area contributed by atoms with E-state index in [1.54, 1.807) is 0 Å². The molecule has 0 radical (unpaired) electrons. The molecule has 2 aliphatic heterocycles. The molecule has 0 aromatic rings. The first-order valence-electron chi connectivity index (χ1n) is 5.66. The molecule has 5 nitrogen and oxygen atoms in total. The van der Waals surface area contributed by atoms with E-state index in [1.165, 1.54) is 6.08 Å². The number of nitrogens with one attached hydrogen (secondary N) is 2. The standard InChI is InChI=1S/C10H13F3N2O3S/c11-10(12,13)9(2-3-14-6-9)8(16)15-7-1-4-19(17,18)5-7/h1,4,7,14H,2-3,5-6H2,(H,15,16). The van der Waals surface area contributed by atoms with Gasteiger partial charge in [-0.25, -0.2) is 8.42 Å². The Kier molecular flexibility index (Phi) is 3.38. The summed E-state index contributed by atoms with van der Waals surface area (Å²) >= 11 is 0. The largest absolute Gasteiger partial charge is 0.404 e. The van der Waals surface area contributed by atoms with E-state index in [2.05, 4.69) is 10.6 Å². The Morgan fingerprint density at radius 3 is 2.53 bits per heavy atom. The second-order valence-electron chi connectivity index (χ2n) is 4.74. The van der Waals surface area contributed by atoms with Crippen molar-refractivity contribution in [2.75, 3.05) is 18.8 Å². The van der Waals surface area contributed by atoms with E-state index in [0.717, 1.165) is 5.41 Å². The molecule has 2 rings (SSSR count). The van der Waals surface area contributed by atoms with Crippen LogP contribution < -0.4 is 10.6 Å². The van der Waals surface area contributed by atoms with Crippen LogP contribution in [0.1, 0.15) is 6.42 Å². The first-order valence-corrected chi connectivity index (χ1v) is 7.37. The van der Waals surface area contributed by atoms with Crippen LogP contribution in [0.4, 0.5) is 13.2 Å². The summed E-state index contributed by atoms with van der Waals surface area (Å²) in [4.78, 5) is 11.9. The van der Waals surface area contributed by atoms with E-state index >= 15 is 0 Å². The van der Waals surface area contributed by atoms with Gasteiger partial charge in [0.1, 0.15) is 0 Å². The first kappa shape index (κ1) is 14.3. The zero-order valence-electron chi connectivity index (χ0n) is 9.83. The van der Waals surface area contributed by atoms with E-state index in [1.807, 2.05) is 0 Å². The van der Waals surface area contributed by atoms with Crippen molar-refractivity contribution in [3.8, 4) is 0 Å². The lowest BCUT2D eigenvalue weighted by molar-refractivity contribution is -0.216. The molecule has 0 saturated carbocycles. The van der Waals surface area contributed by atoms with Gasteiger partial charge in [-0.15, -0.1) is 0 Å². The zero-order chi connectivity index (χ0) is 14.3. The molecule has 19 heavy (non-hydrogen) atoms. The summed E-state index contributed by atoms with van der Waals surface area (Å²) < 4.78 is 61.5. The van der Waals surface area contributed by atoms with Gasteiger partial charge in [0.2, 0.25) is 5.91 Å². The average Bonchev–Trinajstić information content (AvgIpc) is 2.84. The van der Waals surface area contributed by atoms with Crippen molar-refractivity contribution in [2.45, 2.75) is 18.6 Å². The Morgan fingerprint density at radius 1 is 1.42 bits per heavy atom. The maximum Gasteiger partial charge on any atom is 0.404 e. The van der Waals surface area contributed by atoms with Crippen molar-refractivity contribution in [2.24, 2.45) is 5.41 Å². The van der Waals surface area contributed by atoms with E-state index in [4.69, 9.17) is 0 Å². The average molecular weight is 298 g/mol. The second kappa shape index (κ2) is 4.48. The maximum absolute atomic E-state index is 13.1. The Labute approximate surface area is 108 Å². The number of halogens is 3. The molecule has 1 saturated heterocycles. The van der Waals surface area contributed by atoms with Gasteiger partial charge in [0.15, 0.2) is 15.3 Å². The molecule has 2 N–H and O–H groups in total. The van der Waals surface area contributed by atoms with E-state index in [9.17, 15) is 26.4 Å². The van der Waals surface area contributed by atoms with Crippen LogP contribution in [0.15, 0.2) is 11.5 Å². The van der Waals surface area contributed by atoms with Gasteiger partial charge in [0.25, 0.3) is 0 Å². The minimum atomic E-state index is -4.66. The number of carbonyl (C=O) groups is 1. The molecular weight excluding hydrogens is 285 g/mol. The number of amides is 1. The van der Waals surface area contributed by atoms with Crippen molar-refractivity contribution in [1.82, 2.24) is 10.6 Å². The molecule has 0 aromatic carbocycles. The third-order valence-electron chi connectivity index (χ3n) is 3.38. The van der Waals surface area contributed by atoms with Crippen molar-refractivity contribution in [3.63, 3.8) is 0 Å². The summed E-state index contributed by atoms with van der Waals surface area (Å²) in [6.07, 6.45) is -3.81. The second-order valence-corrected chi connectivity index (χ2v) is 6.68.